The first-order valence-corrected chi connectivity index (χ1v) is 7.48. The highest BCUT2D eigenvalue weighted by Gasteiger charge is 2.24. The van der Waals surface area contributed by atoms with Crippen molar-refractivity contribution in [3.63, 3.8) is 0 Å². The second-order valence-electron chi connectivity index (χ2n) is 5.76. The van der Waals surface area contributed by atoms with Gasteiger partial charge in [0.15, 0.2) is 0 Å². The molecule has 1 aliphatic heterocycles. The molecule has 0 aliphatic carbocycles. The van der Waals surface area contributed by atoms with Gasteiger partial charge in [-0.2, -0.15) is 0 Å². The van der Waals surface area contributed by atoms with E-state index in [2.05, 4.69) is 24.8 Å². The molecule has 0 radical (unpaired) electrons. The normalized spacial score (nSPS) is 18.8. The summed E-state index contributed by atoms with van der Waals surface area (Å²) in [5.41, 5.74) is 3.19. The summed E-state index contributed by atoms with van der Waals surface area (Å²) in [6.45, 7) is 7.93. The third-order valence-electron chi connectivity index (χ3n) is 3.89. The maximum Gasteiger partial charge on any atom is 0.225 e. The lowest BCUT2D eigenvalue weighted by Crippen LogP contribution is -2.36. The van der Waals surface area contributed by atoms with Gasteiger partial charge in [0.1, 0.15) is 5.82 Å². The van der Waals surface area contributed by atoms with Crippen LogP contribution in [-0.4, -0.2) is 33.0 Å². The molecule has 0 N–H and O–H groups in total. The van der Waals surface area contributed by atoms with Crippen LogP contribution < -0.4 is 4.90 Å². The third-order valence-corrected chi connectivity index (χ3v) is 3.89. The zero-order valence-corrected chi connectivity index (χ0v) is 12.9. The molecule has 0 spiro atoms. The van der Waals surface area contributed by atoms with E-state index in [-0.39, 0.29) is 0 Å². The standard InChI is InChI=1S/C16H21N5/c1-11-9-12(2)19-16(18-11)21-8-4-5-14(10-21)15-6-7-17-13(3)20-15/h6-7,9,14H,4-5,8,10H2,1-3H3/t14-/m1/s1. The number of nitrogens with zero attached hydrogens (tertiary/aromatic N) is 5. The number of aromatic nitrogens is 4. The first-order chi connectivity index (χ1) is 10.1. The summed E-state index contributed by atoms with van der Waals surface area (Å²) in [5, 5.41) is 0. The van der Waals surface area contributed by atoms with Crippen LogP contribution >= 0.6 is 0 Å². The Labute approximate surface area is 125 Å². The predicted octanol–water partition coefficient (Wildman–Crippen LogP) is 2.58. The fourth-order valence-corrected chi connectivity index (χ4v) is 2.95. The second kappa shape index (κ2) is 5.76. The minimum atomic E-state index is 0.435. The lowest BCUT2D eigenvalue weighted by atomic mass is 9.95. The largest absolute Gasteiger partial charge is 0.340 e. The lowest BCUT2D eigenvalue weighted by Gasteiger charge is -2.32. The Morgan fingerprint density at radius 2 is 1.86 bits per heavy atom. The Hall–Kier alpha value is -2.04. The Bertz CT molecular complexity index is 620. The SMILES string of the molecule is Cc1cc(C)nc(N2CCC[C@@H](c3ccnc(C)n3)C2)n1. The van der Waals surface area contributed by atoms with Crippen molar-refractivity contribution in [3.8, 4) is 0 Å². The number of anilines is 1. The summed E-state index contributed by atoms with van der Waals surface area (Å²) >= 11 is 0. The average Bonchev–Trinajstić information content (AvgIpc) is 2.46. The van der Waals surface area contributed by atoms with Crippen molar-refractivity contribution in [3.05, 3.63) is 41.2 Å². The van der Waals surface area contributed by atoms with Crippen LogP contribution in [0.2, 0.25) is 0 Å². The van der Waals surface area contributed by atoms with Crippen LogP contribution in [0.1, 0.15) is 41.7 Å². The smallest absolute Gasteiger partial charge is 0.225 e. The summed E-state index contributed by atoms with van der Waals surface area (Å²) in [7, 11) is 0. The third kappa shape index (κ3) is 3.17. The van der Waals surface area contributed by atoms with Gasteiger partial charge in [0.25, 0.3) is 0 Å². The summed E-state index contributed by atoms with van der Waals surface area (Å²) in [6, 6.07) is 4.04. The highest BCUT2D eigenvalue weighted by Crippen LogP contribution is 2.27. The van der Waals surface area contributed by atoms with E-state index in [4.69, 9.17) is 0 Å². The van der Waals surface area contributed by atoms with Crippen molar-refractivity contribution in [2.24, 2.45) is 0 Å². The van der Waals surface area contributed by atoms with Crippen molar-refractivity contribution in [1.82, 2.24) is 19.9 Å². The van der Waals surface area contributed by atoms with Gasteiger partial charge in [-0.25, -0.2) is 19.9 Å². The zero-order chi connectivity index (χ0) is 14.8. The summed E-state index contributed by atoms with van der Waals surface area (Å²) < 4.78 is 0. The summed E-state index contributed by atoms with van der Waals surface area (Å²) in [5.74, 6) is 2.13. The molecule has 0 saturated carbocycles. The van der Waals surface area contributed by atoms with Crippen LogP contribution in [0.5, 0.6) is 0 Å². The molecule has 110 valence electrons. The molecular weight excluding hydrogens is 262 g/mol. The van der Waals surface area contributed by atoms with E-state index in [1.807, 2.05) is 39.1 Å². The van der Waals surface area contributed by atoms with E-state index < -0.39 is 0 Å². The van der Waals surface area contributed by atoms with Gasteiger partial charge in [-0.05, 0) is 45.7 Å². The van der Waals surface area contributed by atoms with Gasteiger partial charge < -0.3 is 4.90 Å². The van der Waals surface area contributed by atoms with Crippen molar-refractivity contribution in [2.75, 3.05) is 18.0 Å². The van der Waals surface area contributed by atoms with E-state index in [0.717, 1.165) is 54.8 Å². The zero-order valence-electron chi connectivity index (χ0n) is 12.9. The van der Waals surface area contributed by atoms with Crippen molar-refractivity contribution >= 4 is 5.95 Å². The van der Waals surface area contributed by atoms with Crippen LogP contribution in [0, 0.1) is 20.8 Å². The second-order valence-corrected chi connectivity index (χ2v) is 5.76. The van der Waals surface area contributed by atoms with Crippen LogP contribution in [0.15, 0.2) is 18.3 Å². The predicted molar refractivity (Wildman–Crippen MR) is 82.5 cm³/mol. The number of rotatable bonds is 2. The fraction of sp³-hybridized carbons (Fsp3) is 0.500. The quantitative estimate of drug-likeness (QED) is 0.848. The Kier molecular flexibility index (Phi) is 3.82. The van der Waals surface area contributed by atoms with E-state index in [9.17, 15) is 0 Å². The minimum absolute atomic E-state index is 0.435. The topological polar surface area (TPSA) is 54.8 Å². The van der Waals surface area contributed by atoms with Crippen molar-refractivity contribution in [2.45, 2.75) is 39.5 Å². The molecule has 3 rings (SSSR count). The maximum atomic E-state index is 4.59. The highest BCUT2D eigenvalue weighted by molar-refractivity contribution is 5.34. The maximum absolute atomic E-state index is 4.59. The Morgan fingerprint density at radius 1 is 1.10 bits per heavy atom. The number of piperidine rings is 1. The first-order valence-electron chi connectivity index (χ1n) is 7.48. The molecule has 1 aliphatic rings. The van der Waals surface area contributed by atoms with Crippen LogP contribution in [0.3, 0.4) is 0 Å². The van der Waals surface area contributed by atoms with E-state index in [1.165, 1.54) is 0 Å². The van der Waals surface area contributed by atoms with Gasteiger partial charge >= 0.3 is 0 Å². The molecule has 1 atom stereocenters. The van der Waals surface area contributed by atoms with Crippen molar-refractivity contribution in [1.29, 1.82) is 0 Å². The molecule has 3 heterocycles. The Balaban J connectivity index is 1.82. The van der Waals surface area contributed by atoms with Gasteiger partial charge in [-0.1, -0.05) is 0 Å². The van der Waals surface area contributed by atoms with Gasteiger partial charge in [0.05, 0.1) is 0 Å². The Morgan fingerprint density at radius 3 is 2.57 bits per heavy atom. The van der Waals surface area contributed by atoms with E-state index in [1.54, 1.807) is 0 Å². The van der Waals surface area contributed by atoms with Gasteiger partial charge in [0.2, 0.25) is 5.95 Å². The van der Waals surface area contributed by atoms with Crippen LogP contribution in [-0.2, 0) is 0 Å². The van der Waals surface area contributed by atoms with Crippen molar-refractivity contribution < 1.29 is 0 Å². The first kappa shape index (κ1) is 13.9. The molecule has 21 heavy (non-hydrogen) atoms. The molecule has 0 amide bonds. The molecule has 0 unspecified atom stereocenters. The summed E-state index contributed by atoms with van der Waals surface area (Å²) in [6.07, 6.45) is 4.16. The lowest BCUT2D eigenvalue weighted by molar-refractivity contribution is 0.493. The number of hydrogen-bond donors (Lipinski definition) is 0. The minimum Gasteiger partial charge on any atom is -0.340 e. The molecule has 2 aromatic rings. The molecule has 1 saturated heterocycles. The van der Waals surface area contributed by atoms with Crippen LogP contribution in [0.25, 0.3) is 0 Å². The molecule has 2 aromatic heterocycles. The fourth-order valence-electron chi connectivity index (χ4n) is 2.95. The average molecular weight is 283 g/mol. The van der Waals surface area contributed by atoms with Gasteiger partial charge in [-0.15, -0.1) is 0 Å². The molecule has 5 nitrogen and oxygen atoms in total. The van der Waals surface area contributed by atoms with E-state index in [0.29, 0.717) is 5.92 Å². The molecule has 1 fully saturated rings. The molecule has 5 heteroatoms. The van der Waals surface area contributed by atoms with Crippen LogP contribution in [0.4, 0.5) is 5.95 Å². The van der Waals surface area contributed by atoms with Gasteiger partial charge in [-0.3, -0.25) is 0 Å². The molecule has 0 bridgehead atoms. The van der Waals surface area contributed by atoms with Gasteiger partial charge in [0, 0.05) is 42.3 Å². The monoisotopic (exact) mass is 283 g/mol. The number of hydrogen-bond acceptors (Lipinski definition) is 5. The summed E-state index contributed by atoms with van der Waals surface area (Å²) in [4.78, 5) is 20.2. The molecular formula is C16H21N5. The number of aryl methyl sites for hydroxylation is 3. The molecule has 0 aromatic carbocycles. The highest BCUT2D eigenvalue weighted by atomic mass is 15.3. The van der Waals surface area contributed by atoms with E-state index >= 15 is 0 Å².